The first-order valence-corrected chi connectivity index (χ1v) is 6.76. The molecule has 3 aromatic rings. The molecule has 0 amide bonds. The fraction of sp³-hybridized carbons (Fsp3) is 0.143. The van der Waals surface area contributed by atoms with Gasteiger partial charge in [0.1, 0.15) is 6.54 Å². The van der Waals surface area contributed by atoms with E-state index in [1.54, 1.807) is 15.9 Å². The number of hydrogen-bond acceptors (Lipinski definition) is 3. The molecule has 2 aromatic heterocycles. The van der Waals surface area contributed by atoms with Crippen molar-refractivity contribution < 1.29 is 9.90 Å². The van der Waals surface area contributed by atoms with Crippen molar-refractivity contribution in [3.63, 3.8) is 0 Å². The summed E-state index contributed by atoms with van der Waals surface area (Å²) in [5.41, 5.74) is 2.80. The SMILES string of the molecule is Cc1ccsc1-c1nc2ccccc2n1CC(=O)O. The molecule has 2 heterocycles. The normalized spacial score (nSPS) is 11.0. The third kappa shape index (κ3) is 2.02. The molecule has 4 nitrogen and oxygen atoms in total. The van der Waals surface area contributed by atoms with Crippen molar-refractivity contribution in [3.05, 3.63) is 41.3 Å². The van der Waals surface area contributed by atoms with Crippen molar-refractivity contribution in [1.82, 2.24) is 9.55 Å². The highest BCUT2D eigenvalue weighted by Crippen LogP contribution is 2.31. The highest BCUT2D eigenvalue weighted by atomic mass is 32.1. The van der Waals surface area contributed by atoms with E-state index in [4.69, 9.17) is 5.11 Å². The molecule has 0 unspecified atom stereocenters. The van der Waals surface area contributed by atoms with Crippen molar-refractivity contribution in [3.8, 4) is 10.7 Å². The van der Waals surface area contributed by atoms with Crippen LogP contribution in [0.4, 0.5) is 0 Å². The smallest absolute Gasteiger partial charge is 0.323 e. The van der Waals surface area contributed by atoms with E-state index < -0.39 is 5.97 Å². The van der Waals surface area contributed by atoms with E-state index in [1.165, 1.54) is 0 Å². The second-order valence-electron chi connectivity index (χ2n) is 4.34. The molecule has 0 fully saturated rings. The highest BCUT2D eigenvalue weighted by molar-refractivity contribution is 7.13. The van der Waals surface area contributed by atoms with Gasteiger partial charge in [-0.2, -0.15) is 0 Å². The van der Waals surface area contributed by atoms with Crippen molar-refractivity contribution >= 4 is 28.3 Å². The first-order chi connectivity index (χ1) is 9.16. The van der Waals surface area contributed by atoms with Gasteiger partial charge in [-0.3, -0.25) is 4.79 Å². The first-order valence-electron chi connectivity index (χ1n) is 5.88. The summed E-state index contributed by atoms with van der Waals surface area (Å²) in [7, 11) is 0. The number of nitrogens with zero attached hydrogens (tertiary/aromatic N) is 2. The van der Waals surface area contributed by atoms with Crippen LogP contribution in [0.2, 0.25) is 0 Å². The van der Waals surface area contributed by atoms with Crippen LogP contribution in [0.5, 0.6) is 0 Å². The molecule has 1 aromatic carbocycles. The Hall–Kier alpha value is -2.14. The molecule has 96 valence electrons. The van der Waals surface area contributed by atoms with E-state index >= 15 is 0 Å². The first kappa shape index (κ1) is 11.9. The van der Waals surface area contributed by atoms with Crippen LogP contribution >= 0.6 is 11.3 Å². The lowest BCUT2D eigenvalue weighted by Crippen LogP contribution is -2.09. The van der Waals surface area contributed by atoms with Crippen molar-refractivity contribution in [2.45, 2.75) is 13.5 Å². The van der Waals surface area contributed by atoms with Gasteiger partial charge in [0.15, 0.2) is 5.82 Å². The number of carboxylic acid groups (broad SMARTS) is 1. The van der Waals surface area contributed by atoms with Gasteiger partial charge < -0.3 is 9.67 Å². The molecule has 0 aliphatic heterocycles. The van der Waals surface area contributed by atoms with Crippen LogP contribution in [0.3, 0.4) is 0 Å². The predicted molar refractivity (Wildman–Crippen MR) is 75.4 cm³/mol. The molecule has 3 rings (SSSR count). The Balaban J connectivity index is 2.28. The number of hydrogen-bond donors (Lipinski definition) is 1. The largest absolute Gasteiger partial charge is 0.480 e. The number of aryl methyl sites for hydroxylation is 1. The summed E-state index contributed by atoms with van der Waals surface area (Å²) in [6.45, 7) is 1.93. The van der Waals surface area contributed by atoms with Crippen LogP contribution < -0.4 is 0 Å². The molecule has 1 N–H and O–H groups in total. The summed E-state index contributed by atoms with van der Waals surface area (Å²) >= 11 is 1.58. The fourth-order valence-electron chi connectivity index (χ4n) is 2.15. The van der Waals surface area contributed by atoms with Crippen molar-refractivity contribution in [1.29, 1.82) is 0 Å². The Kier molecular flexibility index (Phi) is 2.83. The summed E-state index contributed by atoms with van der Waals surface area (Å²) in [5, 5.41) is 11.1. The quantitative estimate of drug-likeness (QED) is 0.796. The molecule has 0 saturated carbocycles. The Morgan fingerprint density at radius 3 is 2.84 bits per heavy atom. The highest BCUT2D eigenvalue weighted by Gasteiger charge is 2.16. The van der Waals surface area contributed by atoms with Gasteiger partial charge in [-0.1, -0.05) is 12.1 Å². The van der Waals surface area contributed by atoms with Gasteiger partial charge in [-0.25, -0.2) is 4.98 Å². The average Bonchev–Trinajstić information content (AvgIpc) is 2.93. The third-order valence-corrected chi connectivity index (χ3v) is 4.03. The number of para-hydroxylation sites is 2. The molecule has 0 atom stereocenters. The van der Waals surface area contributed by atoms with Gasteiger partial charge in [0.2, 0.25) is 0 Å². The number of carbonyl (C=O) groups is 1. The zero-order valence-corrected chi connectivity index (χ0v) is 11.1. The zero-order valence-electron chi connectivity index (χ0n) is 10.3. The molecule has 0 saturated heterocycles. The molecular weight excluding hydrogens is 260 g/mol. The van der Waals surface area contributed by atoms with Gasteiger partial charge in [-0.05, 0) is 36.1 Å². The number of carboxylic acids is 1. The number of fused-ring (bicyclic) bond motifs is 1. The minimum Gasteiger partial charge on any atom is -0.480 e. The minimum absolute atomic E-state index is 0.0762. The average molecular weight is 272 g/mol. The summed E-state index contributed by atoms with van der Waals surface area (Å²) in [6.07, 6.45) is 0. The second kappa shape index (κ2) is 4.51. The van der Waals surface area contributed by atoms with Crippen LogP contribution in [0.1, 0.15) is 5.56 Å². The van der Waals surface area contributed by atoms with Gasteiger partial charge in [0, 0.05) is 0 Å². The number of aliphatic carboxylic acids is 1. The van der Waals surface area contributed by atoms with E-state index in [2.05, 4.69) is 4.98 Å². The molecule has 0 bridgehead atoms. The monoisotopic (exact) mass is 272 g/mol. The van der Waals surface area contributed by atoms with E-state index in [1.807, 2.05) is 42.6 Å². The maximum Gasteiger partial charge on any atom is 0.323 e. The number of thiophene rings is 1. The van der Waals surface area contributed by atoms with E-state index in [0.29, 0.717) is 0 Å². The Bertz CT molecular complexity index is 758. The number of benzene rings is 1. The van der Waals surface area contributed by atoms with Crippen molar-refractivity contribution in [2.75, 3.05) is 0 Å². The molecule has 0 spiro atoms. The van der Waals surface area contributed by atoms with E-state index in [0.717, 1.165) is 27.3 Å². The summed E-state index contributed by atoms with van der Waals surface area (Å²) < 4.78 is 1.76. The van der Waals surface area contributed by atoms with Gasteiger partial charge in [0.05, 0.1) is 15.9 Å². The summed E-state index contributed by atoms with van der Waals surface area (Å²) in [4.78, 5) is 16.7. The molecule has 19 heavy (non-hydrogen) atoms. The Morgan fingerprint density at radius 1 is 1.37 bits per heavy atom. The number of rotatable bonds is 3. The van der Waals surface area contributed by atoms with Crippen LogP contribution in [-0.2, 0) is 11.3 Å². The van der Waals surface area contributed by atoms with Crippen LogP contribution in [0, 0.1) is 6.92 Å². The van der Waals surface area contributed by atoms with Crippen LogP contribution in [-0.4, -0.2) is 20.6 Å². The Labute approximate surface area is 113 Å². The van der Waals surface area contributed by atoms with Gasteiger partial charge in [0.25, 0.3) is 0 Å². The van der Waals surface area contributed by atoms with Crippen molar-refractivity contribution in [2.24, 2.45) is 0 Å². The topological polar surface area (TPSA) is 55.1 Å². The second-order valence-corrected chi connectivity index (χ2v) is 5.25. The Morgan fingerprint density at radius 2 is 2.16 bits per heavy atom. The lowest BCUT2D eigenvalue weighted by molar-refractivity contribution is -0.137. The summed E-state index contributed by atoms with van der Waals surface area (Å²) in [5.74, 6) is -0.130. The molecule has 0 aliphatic carbocycles. The minimum atomic E-state index is -0.862. The van der Waals surface area contributed by atoms with Crippen LogP contribution in [0.15, 0.2) is 35.7 Å². The standard InChI is InChI=1S/C14H12N2O2S/c1-9-6-7-19-13(9)14-15-10-4-2-3-5-11(10)16(14)8-12(17)18/h2-7H,8H2,1H3,(H,17,18). The fourth-order valence-corrected chi connectivity index (χ4v) is 3.07. The lowest BCUT2D eigenvalue weighted by Gasteiger charge is -2.05. The lowest BCUT2D eigenvalue weighted by atomic mass is 10.3. The van der Waals surface area contributed by atoms with Crippen LogP contribution in [0.25, 0.3) is 21.7 Å². The molecular formula is C14H12N2O2S. The molecule has 5 heteroatoms. The number of imidazole rings is 1. The summed E-state index contributed by atoms with van der Waals surface area (Å²) in [6, 6.07) is 9.63. The number of aromatic nitrogens is 2. The van der Waals surface area contributed by atoms with E-state index in [-0.39, 0.29) is 6.54 Å². The maximum atomic E-state index is 11.1. The van der Waals surface area contributed by atoms with Gasteiger partial charge in [-0.15, -0.1) is 11.3 Å². The predicted octanol–water partition coefficient (Wildman–Crippen LogP) is 3.16. The zero-order chi connectivity index (χ0) is 13.4. The third-order valence-electron chi connectivity index (χ3n) is 3.01. The molecule has 0 radical (unpaired) electrons. The molecule has 0 aliphatic rings. The van der Waals surface area contributed by atoms with Gasteiger partial charge >= 0.3 is 5.97 Å². The maximum absolute atomic E-state index is 11.1. The van der Waals surface area contributed by atoms with E-state index in [9.17, 15) is 4.79 Å².